The molecule has 2 aromatic rings. The first-order valence-corrected chi connectivity index (χ1v) is 8.36. The van der Waals surface area contributed by atoms with Crippen molar-refractivity contribution in [1.82, 2.24) is 15.2 Å². The minimum atomic E-state index is 0.284. The van der Waals surface area contributed by atoms with Gasteiger partial charge in [-0.15, -0.1) is 16.4 Å². The van der Waals surface area contributed by atoms with Gasteiger partial charge in [0, 0.05) is 24.0 Å². The topological polar surface area (TPSA) is 70.8 Å². The number of piperidine rings is 1. The molecule has 5 nitrogen and oxygen atoms in total. The van der Waals surface area contributed by atoms with Crippen LogP contribution in [0.2, 0.25) is 0 Å². The number of H-pyrrole nitrogens is 1. The number of hydrogen-bond donors (Lipinski definition) is 2. The number of thiophene rings is 1. The van der Waals surface area contributed by atoms with E-state index in [0.717, 1.165) is 42.6 Å². The van der Waals surface area contributed by atoms with Crippen molar-refractivity contribution in [3.8, 4) is 10.7 Å². The predicted molar refractivity (Wildman–Crippen MR) is 87.8 cm³/mol. The lowest BCUT2D eigenvalue weighted by molar-refractivity contribution is 0.352. The van der Waals surface area contributed by atoms with Gasteiger partial charge in [0.25, 0.3) is 0 Å². The number of rotatable bonds is 3. The highest BCUT2D eigenvalue weighted by Gasteiger charge is 2.24. The van der Waals surface area contributed by atoms with E-state index in [2.05, 4.69) is 46.9 Å². The maximum absolute atomic E-state index is 5.99. The fourth-order valence-corrected chi connectivity index (χ4v) is 3.79. The Labute approximate surface area is 129 Å². The van der Waals surface area contributed by atoms with Crippen LogP contribution >= 0.6 is 11.3 Å². The van der Waals surface area contributed by atoms with E-state index in [0.29, 0.717) is 5.92 Å². The van der Waals surface area contributed by atoms with Crippen LogP contribution in [0, 0.1) is 19.8 Å². The molecule has 0 aromatic carbocycles. The average Bonchev–Trinajstić information content (AvgIpc) is 3.07. The molecule has 1 atom stereocenters. The van der Waals surface area contributed by atoms with Gasteiger partial charge >= 0.3 is 0 Å². The molecule has 1 unspecified atom stereocenters. The van der Waals surface area contributed by atoms with Crippen LogP contribution in [-0.4, -0.2) is 34.3 Å². The van der Waals surface area contributed by atoms with Gasteiger partial charge in [-0.3, -0.25) is 5.10 Å². The average molecular weight is 305 g/mol. The largest absolute Gasteiger partial charge is 0.340 e. The van der Waals surface area contributed by atoms with Crippen molar-refractivity contribution in [1.29, 1.82) is 0 Å². The molecular weight excluding hydrogens is 282 g/mol. The lowest BCUT2D eigenvalue weighted by atomic mass is 9.91. The minimum absolute atomic E-state index is 0.284. The molecule has 0 saturated carbocycles. The van der Waals surface area contributed by atoms with Gasteiger partial charge in [-0.05, 0) is 51.2 Å². The van der Waals surface area contributed by atoms with E-state index in [1.807, 2.05) is 0 Å². The van der Waals surface area contributed by atoms with Crippen molar-refractivity contribution in [2.24, 2.45) is 11.7 Å². The first-order valence-electron chi connectivity index (χ1n) is 7.55. The second-order valence-corrected chi connectivity index (χ2v) is 7.27. The Morgan fingerprint density at radius 2 is 2.10 bits per heavy atom. The predicted octanol–water partition coefficient (Wildman–Crippen LogP) is 2.71. The van der Waals surface area contributed by atoms with Crippen molar-refractivity contribution in [2.75, 3.05) is 18.0 Å². The Hall–Kier alpha value is -1.40. The van der Waals surface area contributed by atoms with Crippen LogP contribution in [0.3, 0.4) is 0 Å². The molecule has 114 valence electrons. The Balaban J connectivity index is 1.71. The molecule has 1 fully saturated rings. The maximum Gasteiger partial charge on any atom is 0.245 e. The summed E-state index contributed by atoms with van der Waals surface area (Å²) in [4.78, 5) is 9.42. The second kappa shape index (κ2) is 5.77. The van der Waals surface area contributed by atoms with Crippen LogP contribution in [0.4, 0.5) is 5.95 Å². The lowest BCUT2D eigenvalue weighted by Gasteiger charge is -2.32. The summed E-state index contributed by atoms with van der Waals surface area (Å²) in [5.74, 6) is 2.32. The van der Waals surface area contributed by atoms with Gasteiger partial charge in [-0.2, -0.15) is 4.98 Å². The number of aromatic amines is 1. The van der Waals surface area contributed by atoms with E-state index in [-0.39, 0.29) is 6.04 Å². The number of nitrogens with one attached hydrogen (secondary N) is 1. The van der Waals surface area contributed by atoms with Crippen LogP contribution in [0.1, 0.15) is 30.2 Å². The van der Waals surface area contributed by atoms with Gasteiger partial charge in [-0.25, -0.2) is 0 Å². The Kier molecular flexibility index (Phi) is 3.99. The van der Waals surface area contributed by atoms with E-state index in [1.165, 1.54) is 10.4 Å². The zero-order valence-corrected chi connectivity index (χ0v) is 13.7. The van der Waals surface area contributed by atoms with Gasteiger partial charge < -0.3 is 10.6 Å². The number of aromatic nitrogens is 3. The molecule has 6 heteroatoms. The Morgan fingerprint density at radius 1 is 1.38 bits per heavy atom. The summed E-state index contributed by atoms with van der Waals surface area (Å²) in [5.41, 5.74) is 7.30. The highest BCUT2D eigenvalue weighted by atomic mass is 32.1. The lowest BCUT2D eigenvalue weighted by Crippen LogP contribution is -2.40. The van der Waals surface area contributed by atoms with Crippen molar-refractivity contribution in [3.63, 3.8) is 0 Å². The summed E-state index contributed by atoms with van der Waals surface area (Å²) in [6, 6.07) is 2.46. The van der Waals surface area contributed by atoms with Crippen LogP contribution in [0.25, 0.3) is 10.7 Å². The van der Waals surface area contributed by atoms with Crippen LogP contribution in [-0.2, 0) is 0 Å². The van der Waals surface area contributed by atoms with E-state index in [1.54, 1.807) is 11.3 Å². The van der Waals surface area contributed by atoms with Gasteiger partial charge in [0.2, 0.25) is 5.95 Å². The number of hydrogen-bond acceptors (Lipinski definition) is 5. The highest BCUT2D eigenvalue weighted by Crippen LogP contribution is 2.30. The normalized spacial score (nSPS) is 18.2. The molecule has 3 rings (SSSR count). The molecule has 3 N–H and O–H groups in total. The molecular formula is C15H23N5S. The maximum atomic E-state index is 5.99. The molecule has 0 spiro atoms. The highest BCUT2D eigenvalue weighted by molar-refractivity contribution is 7.15. The molecule has 2 aromatic heterocycles. The molecule has 0 amide bonds. The third-order valence-corrected chi connectivity index (χ3v) is 5.60. The van der Waals surface area contributed by atoms with E-state index < -0.39 is 0 Å². The summed E-state index contributed by atoms with van der Waals surface area (Å²) >= 11 is 1.76. The first kappa shape index (κ1) is 14.5. The number of aryl methyl sites for hydroxylation is 2. The molecule has 0 bridgehead atoms. The van der Waals surface area contributed by atoms with Gasteiger partial charge in [0.15, 0.2) is 5.82 Å². The van der Waals surface area contributed by atoms with Gasteiger partial charge in [0.05, 0.1) is 4.88 Å². The summed E-state index contributed by atoms with van der Waals surface area (Å²) in [7, 11) is 0. The van der Waals surface area contributed by atoms with Crippen molar-refractivity contribution >= 4 is 17.3 Å². The quantitative estimate of drug-likeness (QED) is 0.914. The molecule has 1 aliphatic heterocycles. The standard InChI is InChI=1S/C15H23N5S/c1-9-8-13(21-11(9)3)14-17-15(19-18-14)20-6-4-12(5-7-20)10(2)16/h8,10,12H,4-7,16H2,1-3H3,(H,17,18,19). The summed E-state index contributed by atoms with van der Waals surface area (Å²) < 4.78 is 0. The minimum Gasteiger partial charge on any atom is -0.340 e. The SMILES string of the molecule is Cc1cc(-c2nc(N3CCC(C(C)N)CC3)n[nH]2)sc1C. The number of nitrogens with zero attached hydrogens (tertiary/aromatic N) is 3. The smallest absolute Gasteiger partial charge is 0.245 e. The number of anilines is 1. The third kappa shape index (κ3) is 2.96. The second-order valence-electron chi connectivity index (χ2n) is 6.02. The third-order valence-electron chi connectivity index (χ3n) is 4.44. The fourth-order valence-electron chi connectivity index (χ4n) is 2.82. The van der Waals surface area contributed by atoms with Crippen LogP contribution in [0.5, 0.6) is 0 Å². The van der Waals surface area contributed by atoms with E-state index in [4.69, 9.17) is 5.73 Å². The number of nitrogens with two attached hydrogens (primary N) is 1. The van der Waals surface area contributed by atoms with E-state index in [9.17, 15) is 0 Å². The summed E-state index contributed by atoms with van der Waals surface area (Å²) in [5, 5.41) is 7.47. The Bertz CT molecular complexity index is 588. The van der Waals surface area contributed by atoms with E-state index >= 15 is 0 Å². The van der Waals surface area contributed by atoms with Crippen molar-refractivity contribution in [2.45, 2.75) is 39.7 Å². The van der Waals surface area contributed by atoms with Crippen LogP contribution < -0.4 is 10.6 Å². The molecule has 0 aliphatic carbocycles. The Morgan fingerprint density at radius 3 is 2.67 bits per heavy atom. The summed E-state index contributed by atoms with van der Waals surface area (Å²) in [6.45, 7) is 8.36. The van der Waals surface area contributed by atoms with Crippen molar-refractivity contribution in [3.05, 3.63) is 16.5 Å². The van der Waals surface area contributed by atoms with Gasteiger partial charge in [0.1, 0.15) is 0 Å². The molecule has 0 radical (unpaired) electrons. The molecule has 1 aliphatic rings. The fraction of sp³-hybridized carbons (Fsp3) is 0.600. The molecule has 21 heavy (non-hydrogen) atoms. The molecule has 3 heterocycles. The zero-order chi connectivity index (χ0) is 15.0. The van der Waals surface area contributed by atoms with Gasteiger partial charge in [-0.1, -0.05) is 0 Å². The zero-order valence-electron chi connectivity index (χ0n) is 12.9. The summed E-state index contributed by atoms with van der Waals surface area (Å²) in [6.07, 6.45) is 2.25. The first-order chi connectivity index (χ1) is 10.0. The van der Waals surface area contributed by atoms with Crippen molar-refractivity contribution < 1.29 is 0 Å². The van der Waals surface area contributed by atoms with Crippen LogP contribution in [0.15, 0.2) is 6.07 Å². The monoisotopic (exact) mass is 305 g/mol. The molecule has 1 saturated heterocycles.